The average molecular weight is 266 g/mol. The second kappa shape index (κ2) is 9.64. The van der Waals surface area contributed by atoms with E-state index in [2.05, 4.69) is 10.5 Å². The molecule has 0 saturated heterocycles. The molecule has 0 spiro atoms. The van der Waals surface area contributed by atoms with Gasteiger partial charge in [-0.15, -0.1) is 0 Å². The van der Waals surface area contributed by atoms with Crippen molar-refractivity contribution in [3.05, 3.63) is 30.3 Å². The molecule has 0 aliphatic rings. The van der Waals surface area contributed by atoms with Crippen LogP contribution in [0.4, 0.5) is 10.5 Å². The molecule has 19 heavy (non-hydrogen) atoms. The zero-order valence-corrected chi connectivity index (χ0v) is 11.2. The lowest BCUT2D eigenvalue weighted by Crippen LogP contribution is -2.12. The largest absolute Gasteiger partial charge is 0.450 e. The van der Waals surface area contributed by atoms with Gasteiger partial charge in [0.05, 0.1) is 6.61 Å². The van der Waals surface area contributed by atoms with E-state index < -0.39 is 6.09 Å². The molecule has 6 heteroatoms. The molecule has 0 radical (unpaired) electrons. The highest BCUT2D eigenvalue weighted by molar-refractivity contribution is 6.37. The lowest BCUT2D eigenvalue weighted by Gasteiger charge is -2.03. The highest BCUT2D eigenvalue weighted by Gasteiger charge is 1.98. The fraction of sp³-hybridized carbons (Fsp3) is 0.308. The van der Waals surface area contributed by atoms with E-state index in [1.165, 1.54) is 13.8 Å². The maximum absolute atomic E-state index is 10.9. The number of rotatable bonds is 3. The summed E-state index contributed by atoms with van der Waals surface area (Å²) in [6, 6.07) is 9.19. The van der Waals surface area contributed by atoms with E-state index in [0.717, 1.165) is 5.69 Å². The number of carbonyl (C=O) groups excluding carboxylic acids is 2. The maximum atomic E-state index is 10.9. The molecule has 0 aliphatic heterocycles. The average Bonchev–Trinajstić information content (AvgIpc) is 2.39. The highest BCUT2D eigenvalue weighted by Crippen LogP contribution is 2.04. The van der Waals surface area contributed by atoms with Crippen molar-refractivity contribution in [2.45, 2.75) is 20.8 Å². The standard InChI is InChI=1S/C9H11NO2.C4H7NO2/c1-2-12-9(11)10-8-6-4-3-5-7-8;1-3(5-7)4(2)6/h3-7H,2H2,1H3,(H,10,11);7H,1-2H3. The van der Waals surface area contributed by atoms with Crippen molar-refractivity contribution >= 4 is 23.3 Å². The summed E-state index contributed by atoms with van der Waals surface area (Å²) in [5, 5.41) is 13.1. The molecule has 1 rings (SSSR count). The number of ether oxygens (including phenoxy) is 1. The second-order valence-corrected chi connectivity index (χ2v) is 3.45. The Kier molecular flexibility index (Phi) is 8.44. The summed E-state index contributed by atoms with van der Waals surface area (Å²) in [5.41, 5.74) is 0.885. The number of benzene rings is 1. The Bertz CT molecular complexity index is 430. The van der Waals surface area contributed by atoms with Crippen molar-refractivity contribution in [3.8, 4) is 0 Å². The molecule has 6 nitrogen and oxygen atoms in total. The molecule has 0 fully saturated rings. The van der Waals surface area contributed by atoms with Gasteiger partial charge in [0.2, 0.25) is 0 Å². The fourth-order valence-corrected chi connectivity index (χ4v) is 0.877. The van der Waals surface area contributed by atoms with Gasteiger partial charge in [-0.1, -0.05) is 23.4 Å². The van der Waals surface area contributed by atoms with Crippen LogP contribution in [0.15, 0.2) is 35.5 Å². The molecular formula is C13H18N2O4. The Balaban J connectivity index is 0.000000399. The highest BCUT2D eigenvalue weighted by atomic mass is 16.5. The quantitative estimate of drug-likeness (QED) is 0.500. The van der Waals surface area contributed by atoms with Gasteiger partial charge in [0.1, 0.15) is 5.71 Å². The smallest absolute Gasteiger partial charge is 0.411 e. The predicted octanol–water partition coefficient (Wildman–Crippen LogP) is 2.68. The van der Waals surface area contributed by atoms with Crippen LogP contribution in [0.2, 0.25) is 0 Å². The molecule has 2 N–H and O–H groups in total. The molecule has 0 aromatic heterocycles. The van der Waals surface area contributed by atoms with E-state index in [4.69, 9.17) is 9.94 Å². The van der Waals surface area contributed by atoms with E-state index in [-0.39, 0.29) is 11.5 Å². The van der Waals surface area contributed by atoms with Crippen LogP contribution < -0.4 is 5.32 Å². The van der Waals surface area contributed by atoms with Crippen LogP contribution in [-0.2, 0) is 9.53 Å². The number of anilines is 1. The molecule has 0 bridgehead atoms. The van der Waals surface area contributed by atoms with Crippen LogP contribution in [0.3, 0.4) is 0 Å². The van der Waals surface area contributed by atoms with Crippen LogP contribution in [0.25, 0.3) is 0 Å². The van der Waals surface area contributed by atoms with Gasteiger partial charge < -0.3 is 9.94 Å². The van der Waals surface area contributed by atoms with Crippen LogP contribution in [0, 0.1) is 0 Å². The molecule has 0 heterocycles. The van der Waals surface area contributed by atoms with Crippen LogP contribution >= 0.6 is 0 Å². The fourth-order valence-electron chi connectivity index (χ4n) is 0.877. The monoisotopic (exact) mass is 266 g/mol. The number of para-hydroxylation sites is 1. The third-order valence-corrected chi connectivity index (χ3v) is 1.96. The Morgan fingerprint density at radius 3 is 2.21 bits per heavy atom. The zero-order valence-electron chi connectivity index (χ0n) is 11.2. The van der Waals surface area contributed by atoms with E-state index in [0.29, 0.717) is 6.61 Å². The molecule has 1 aromatic rings. The molecule has 1 amide bonds. The van der Waals surface area contributed by atoms with Crippen molar-refractivity contribution in [1.82, 2.24) is 0 Å². The number of nitrogens with zero attached hydrogens (tertiary/aromatic N) is 1. The lowest BCUT2D eigenvalue weighted by molar-refractivity contribution is -0.111. The molecule has 0 aliphatic carbocycles. The molecule has 0 unspecified atom stereocenters. The van der Waals surface area contributed by atoms with Crippen LogP contribution in [0.1, 0.15) is 20.8 Å². The number of amides is 1. The summed E-state index contributed by atoms with van der Waals surface area (Å²) < 4.78 is 4.70. The number of oxime groups is 1. The molecule has 0 atom stereocenters. The summed E-state index contributed by atoms with van der Waals surface area (Å²) in [6.07, 6.45) is -0.413. The van der Waals surface area contributed by atoms with Crippen molar-refractivity contribution < 1.29 is 19.5 Å². The van der Waals surface area contributed by atoms with Gasteiger partial charge >= 0.3 is 6.09 Å². The molecule has 104 valence electrons. The summed E-state index contributed by atoms with van der Waals surface area (Å²) in [7, 11) is 0. The number of ketones is 1. The maximum Gasteiger partial charge on any atom is 0.411 e. The summed E-state index contributed by atoms with van der Waals surface area (Å²) >= 11 is 0. The van der Waals surface area contributed by atoms with E-state index in [1.54, 1.807) is 19.1 Å². The Morgan fingerprint density at radius 1 is 1.26 bits per heavy atom. The minimum Gasteiger partial charge on any atom is -0.450 e. The Hall–Kier alpha value is -2.37. The second-order valence-electron chi connectivity index (χ2n) is 3.45. The van der Waals surface area contributed by atoms with E-state index >= 15 is 0 Å². The normalized spacial score (nSPS) is 9.95. The number of hydrogen-bond acceptors (Lipinski definition) is 5. The first kappa shape index (κ1) is 16.6. The van der Waals surface area contributed by atoms with Crippen molar-refractivity contribution in [3.63, 3.8) is 0 Å². The number of carbonyl (C=O) groups is 2. The first-order valence-corrected chi connectivity index (χ1v) is 5.69. The minimum absolute atomic E-state index is 0.139. The van der Waals surface area contributed by atoms with E-state index in [9.17, 15) is 9.59 Å². The number of Topliss-reactive ketones (excluding diaryl/α,β-unsaturated/α-hetero) is 1. The SMILES string of the molecule is CC(=O)C(C)=NO.CCOC(=O)Nc1ccccc1. The molecule has 1 aromatic carbocycles. The first-order chi connectivity index (χ1) is 9.01. The third kappa shape index (κ3) is 8.37. The van der Waals surface area contributed by atoms with Gasteiger partial charge in [-0.2, -0.15) is 0 Å². The summed E-state index contributed by atoms with van der Waals surface area (Å²) in [6.45, 7) is 4.95. The summed E-state index contributed by atoms with van der Waals surface area (Å²) in [4.78, 5) is 21.0. The minimum atomic E-state index is -0.413. The third-order valence-electron chi connectivity index (χ3n) is 1.96. The van der Waals surface area contributed by atoms with Crippen molar-refractivity contribution in [2.75, 3.05) is 11.9 Å². The molecule has 0 saturated carbocycles. The van der Waals surface area contributed by atoms with E-state index in [1.807, 2.05) is 18.2 Å². The number of hydrogen-bond donors (Lipinski definition) is 2. The Labute approximate surface area is 112 Å². The van der Waals surface area contributed by atoms with Gasteiger partial charge in [-0.05, 0) is 26.0 Å². The van der Waals surface area contributed by atoms with Gasteiger partial charge in [0, 0.05) is 12.6 Å². The predicted molar refractivity (Wildman–Crippen MR) is 72.7 cm³/mol. The zero-order chi connectivity index (χ0) is 14.7. The van der Waals surface area contributed by atoms with Gasteiger partial charge in [0.25, 0.3) is 0 Å². The lowest BCUT2D eigenvalue weighted by atomic mass is 10.3. The molecular weight excluding hydrogens is 248 g/mol. The van der Waals surface area contributed by atoms with Crippen molar-refractivity contribution in [2.24, 2.45) is 5.16 Å². The van der Waals surface area contributed by atoms with Gasteiger partial charge in [0.15, 0.2) is 5.78 Å². The Morgan fingerprint density at radius 2 is 1.84 bits per heavy atom. The van der Waals surface area contributed by atoms with Crippen molar-refractivity contribution in [1.29, 1.82) is 0 Å². The number of nitrogens with one attached hydrogen (secondary N) is 1. The summed E-state index contributed by atoms with van der Waals surface area (Å²) in [5.74, 6) is -0.206. The van der Waals surface area contributed by atoms with Crippen LogP contribution in [0.5, 0.6) is 0 Å². The van der Waals surface area contributed by atoms with Gasteiger partial charge in [-0.3, -0.25) is 10.1 Å². The van der Waals surface area contributed by atoms with Gasteiger partial charge in [-0.25, -0.2) is 4.79 Å². The topological polar surface area (TPSA) is 88.0 Å². The van der Waals surface area contributed by atoms with Crippen LogP contribution in [-0.4, -0.2) is 29.4 Å². The first-order valence-electron chi connectivity index (χ1n) is 5.69.